The fourth-order valence-electron chi connectivity index (χ4n) is 3.32. The van der Waals surface area contributed by atoms with Gasteiger partial charge in [0.1, 0.15) is 22.5 Å². The number of aromatic nitrogens is 1. The van der Waals surface area contributed by atoms with Gasteiger partial charge in [-0.15, -0.1) is 22.7 Å². The number of carbonyl (C=O) groups excluding carboxylic acids is 1. The van der Waals surface area contributed by atoms with Crippen molar-refractivity contribution >= 4 is 49.6 Å². The van der Waals surface area contributed by atoms with Gasteiger partial charge in [-0.25, -0.2) is 4.98 Å². The molecular formula is C22H9N3O2S2. The highest BCUT2D eigenvalue weighted by Gasteiger charge is 2.32. The second kappa shape index (κ2) is 6.68. The number of fused-ring (bicyclic) bond motifs is 2. The third-order valence-electron chi connectivity index (χ3n) is 4.56. The third kappa shape index (κ3) is 2.73. The van der Waals surface area contributed by atoms with Crippen LogP contribution in [0.25, 0.3) is 31.9 Å². The Labute approximate surface area is 173 Å². The number of thiazole rings is 1. The van der Waals surface area contributed by atoms with Gasteiger partial charge < -0.3 is 4.42 Å². The van der Waals surface area contributed by atoms with Crippen LogP contribution in [0.1, 0.15) is 20.8 Å². The summed E-state index contributed by atoms with van der Waals surface area (Å²) in [5, 5.41) is 19.6. The number of nitrogens with zero attached hydrogens (tertiary/aromatic N) is 3. The van der Waals surface area contributed by atoms with Crippen molar-refractivity contribution < 1.29 is 9.21 Å². The van der Waals surface area contributed by atoms with Crippen LogP contribution >= 0.6 is 22.7 Å². The topological polar surface area (TPSA) is 90.7 Å². The van der Waals surface area contributed by atoms with Gasteiger partial charge in [-0.1, -0.05) is 24.3 Å². The van der Waals surface area contributed by atoms with Crippen LogP contribution in [0.15, 0.2) is 64.3 Å². The molecule has 0 spiro atoms. The Balaban J connectivity index is 1.63. The number of rotatable bonds is 2. The smallest absolute Gasteiger partial charge is 0.194 e. The first kappa shape index (κ1) is 17.3. The number of hydrogen-bond donors (Lipinski definition) is 0. The lowest BCUT2D eigenvalue weighted by molar-refractivity contribution is 0.104. The molecule has 7 heteroatoms. The van der Waals surface area contributed by atoms with Crippen LogP contribution < -0.4 is 0 Å². The fraction of sp³-hybridized carbons (Fsp3) is 0. The number of carbonyl (C=O) groups is 1. The second-order valence-electron chi connectivity index (χ2n) is 6.22. The third-order valence-corrected chi connectivity index (χ3v) is 6.68. The zero-order valence-electron chi connectivity index (χ0n) is 14.7. The molecule has 0 amide bonds. The molecule has 29 heavy (non-hydrogen) atoms. The summed E-state index contributed by atoms with van der Waals surface area (Å²) < 4.78 is 6.39. The van der Waals surface area contributed by atoms with Crippen LogP contribution in [0.2, 0.25) is 0 Å². The number of allylic oxidation sites excluding steroid dienone is 3. The number of furan rings is 1. The molecule has 3 heterocycles. The van der Waals surface area contributed by atoms with Gasteiger partial charge in [-0.3, -0.25) is 4.79 Å². The van der Waals surface area contributed by atoms with Crippen molar-refractivity contribution in [3.05, 3.63) is 75.9 Å². The maximum Gasteiger partial charge on any atom is 0.194 e. The Morgan fingerprint density at radius 2 is 1.86 bits per heavy atom. The quantitative estimate of drug-likeness (QED) is 0.312. The summed E-state index contributed by atoms with van der Waals surface area (Å²) >= 11 is 2.97. The van der Waals surface area contributed by atoms with Gasteiger partial charge in [-0.2, -0.15) is 10.5 Å². The van der Waals surface area contributed by atoms with Crippen LogP contribution in [-0.4, -0.2) is 10.8 Å². The predicted molar refractivity (Wildman–Crippen MR) is 112 cm³/mol. The number of ketones is 1. The van der Waals surface area contributed by atoms with Crippen molar-refractivity contribution in [2.24, 2.45) is 0 Å². The zero-order valence-corrected chi connectivity index (χ0v) is 16.3. The summed E-state index contributed by atoms with van der Waals surface area (Å²) in [6.45, 7) is 0. The largest absolute Gasteiger partial charge is 0.462 e. The summed E-state index contributed by atoms with van der Waals surface area (Å²) in [5.41, 5.74) is 1.83. The lowest BCUT2D eigenvalue weighted by Crippen LogP contribution is -1.95. The average molecular weight is 411 g/mol. The molecule has 4 aromatic rings. The first-order valence-corrected chi connectivity index (χ1v) is 10.2. The molecule has 0 fully saturated rings. The van der Waals surface area contributed by atoms with Gasteiger partial charge in [0.2, 0.25) is 0 Å². The minimum absolute atomic E-state index is 0.0638. The monoisotopic (exact) mass is 411 g/mol. The Bertz CT molecular complexity index is 1390. The van der Waals surface area contributed by atoms with Gasteiger partial charge in [0, 0.05) is 21.6 Å². The fourth-order valence-corrected chi connectivity index (χ4v) is 5.45. The number of Topliss-reactive ketones (excluding diaryl/α,β-unsaturated/α-hetero) is 1. The van der Waals surface area contributed by atoms with Crippen LogP contribution in [0.5, 0.6) is 0 Å². The minimum Gasteiger partial charge on any atom is -0.462 e. The number of nitriles is 2. The van der Waals surface area contributed by atoms with Gasteiger partial charge in [-0.05, 0) is 29.8 Å². The maximum atomic E-state index is 13.0. The molecule has 0 N–H and O–H groups in total. The van der Waals surface area contributed by atoms with E-state index in [-0.39, 0.29) is 11.4 Å². The minimum atomic E-state index is -0.181. The van der Waals surface area contributed by atoms with E-state index < -0.39 is 0 Å². The van der Waals surface area contributed by atoms with Gasteiger partial charge in [0.05, 0.1) is 11.0 Å². The van der Waals surface area contributed by atoms with Gasteiger partial charge >= 0.3 is 0 Å². The lowest BCUT2D eigenvalue weighted by atomic mass is 9.99. The maximum absolute atomic E-state index is 13.0. The van der Waals surface area contributed by atoms with Crippen LogP contribution in [0.4, 0.5) is 0 Å². The molecule has 0 bridgehead atoms. The van der Waals surface area contributed by atoms with E-state index in [1.54, 1.807) is 36.6 Å². The van der Waals surface area contributed by atoms with E-state index in [4.69, 9.17) is 4.42 Å². The first-order chi connectivity index (χ1) is 14.2. The summed E-state index contributed by atoms with van der Waals surface area (Å²) in [4.78, 5) is 19.3. The van der Waals surface area contributed by atoms with E-state index in [1.807, 2.05) is 30.3 Å². The molecule has 1 aromatic carbocycles. The summed E-state index contributed by atoms with van der Waals surface area (Å²) in [6, 6.07) is 16.5. The zero-order chi connectivity index (χ0) is 20.0. The molecule has 0 saturated heterocycles. The van der Waals surface area contributed by atoms with Crippen molar-refractivity contribution in [3.63, 3.8) is 0 Å². The van der Waals surface area contributed by atoms with Crippen molar-refractivity contribution in [3.8, 4) is 22.9 Å². The number of hydrogen-bond acceptors (Lipinski definition) is 7. The molecule has 136 valence electrons. The molecule has 1 aliphatic rings. The van der Waals surface area contributed by atoms with E-state index in [0.29, 0.717) is 22.3 Å². The molecular weight excluding hydrogens is 402 g/mol. The van der Waals surface area contributed by atoms with Crippen molar-refractivity contribution in [2.45, 2.75) is 0 Å². The molecule has 3 aromatic heterocycles. The highest BCUT2D eigenvalue weighted by Crippen LogP contribution is 2.42. The van der Waals surface area contributed by atoms with E-state index >= 15 is 0 Å². The molecule has 0 atom stereocenters. The van der Waals surface area contributed by atoms with Gasteiger partial charge in [0.15, 0.2) is 16.6 Å². The van der Waals surface area contributed by atoms with E-state index in [2.05, 4.69) is 4.98 Å². The molecule has 0 radical (unpaired) electrons. The van der Waals surface area contributed by atoms with Crippen LogP contribution in [0.3, 0.4) is 0 Å². The predicted octanol–water partition coefficient (Wildman–Crippen LogP) is 5.70. The van der Waals surface area contributed by atoms with Gasteiger partial charge in [0.25, 0.3) is 0 Å². The summed E-state index contributed by atoms with van der Waals surface area (Å²) in [5.74, 6) is 0.539. The summed E-state index contributed by atoms with van der Waals surface area (Å²) in [7, 11) is 0. The highest BCUT2D eigenvalue weighted by atomic mass is 32.1. The highest BCUT2D eigenvalue weighted by molar-refractivity contribution is 7.29. The number of benzene rings is 1. The SMILES string of the molecule is N#CC(C#N)=C1/C(=C/c2cc3sc(-c4ccco4)nc3s2)C(=O)c2ccccc21. The summed E-state index contributed by atoms with van der Waals surface area (Å²) in [6.07, 6.45) is 3.36. The molecule has 0 saturated carbocycles. The molecule has 0 unspecified atom stereocenters. The van der Waals surface area contributed by atoms with E-state index in [9.17, 15) is 15.3 Å². The van der Waals surface area contributed by atoms with Crippen molar-refractivity contribution in [1.29, 1.82) is 10.5 Å². The van der Waals surface area contributed by atoms with E-state index in [1.165, 1.54) is 22.7 Å². The normalized spacial score (nSPS) is 14.2. The number of thiophene rings is 1. The van der Waals surface area contributed by atoms with Crippen LogP contribution in [-0.2, 0) is 0 Å². The molecule has 0 aliphatic heterocycles. The first-order valence-electron chi connectivity index (χ1n) is 8.54. The standard InChI is InChI=1S/C22H9N3O2S2/c23-10-12(11-24)19-14-4-1-2-5-15(14)20(26)16(19)8-13-9-18-22(28-13)25-21(29-18)17-6-3-7-27-17/h1-9H/b16-8-. The average Bonchev–Trinajstić information content (AvgIpc) is 3.49. The Hall–Kier alpha value is -3.78. The van der Waals surface area contributed by atoms with Crippen molar-refractivity contribution in [1.82, 2.24) is 4.98 Å². The molecule has 1 aliphatic carbocycles. The lowest BCUT2D eigenvalue weighted by Gasteiger charge is -2.01. The second-order valence-corrected chi connectivity index (χ2v) is 8.31. The molecule has 5 nitrogen and oxygen atoms in total. The van der Waals surface area contributed by atoms with E-state index in [0.717, 1.165) is 25.2 Å². The Morgan fingerprint density at radius 3 is 2.55 bits per heavy atom. The van der Waals surface area contributed by atoms with Crippen LogP contribution in [0, 0.1) is 22.7 Å². The van der Waals surface area contributed by atoms with Crippen molar-refractivity contribution in [2.75, 3.05) is 0 Å². The Kier molecular flexibility index (Phi) is 3.99. The molecule has 5 rings (SSSR count). The Morgan fingerprint density at radius 1 is 1.07 bits per heavy atom.